The second kappa shape index (κ2) is 12.3. The van der Waals surface area contributed by atoms with Crippen LogP contribution >= 0.6 is 11.3 Å². The SMILES string of the molecule is CCCc1nc(-c2cc(OC)cc(OC)c2)c(-c2ccnc(Nc3ccc(N4CCN(C(C)=O)CC4)nc3)n2)s1. The molecule has 208 valence electrons. The molecule has 1 saturated heterocycles. The quantitative estimate of drug-likeness (QED) is 0.302. The minimum absolute atomic E-state index is 0.115. The molecule has 1 amide bonds. The summed E-state index contributed by atoms with van der Waals surface area (Å²) in [5, 5.41) is 4.33. The molecular weight excluding hydrogens is 526 g/mol. The molecule has 0 spiro atoms. The third-order valence-corrected chi connectivity index (χ3v) is 7.84. The first-order valence-corrected chi connectivity index (χ1v) is 14.1. The van der Waals surface area contributed by atoms with Gasteiger partial charge in [-0.2, -0.15) is 0 Å². The molecule has 1 aliphatic heterocycles. The van der Waals surface area contributed by atoms with Crippen LogP contribution in [0.4, 0.5) is 17.5 Å². The molecule has 0 radical (unpaired) electrons. The van der Waals surface area contributed by atoms with Gasteiger partial charge in [0.15, 0.2) is 0 Å². The van der Waals surface area contributed by atoms with E-state index in [1.54, 1.807) is 44.9 Å². The molecule has 0 atom stereocenters. The first-order chi connectivity index (χ1) is 19.5. The van der Waals surface area contributed by atoms with Crippen LogP contribution in [0, 0.1) is 0 Å². The molecule has 0 unspecified atom stereocenters. The number of ether oxygens (including phenoxy) is 2. The number of amides is 1. The van der Waals surface area contributed by atoms with Gasteiger partial charge >= 0.3 is 0 Å². The van der Waals surface area contributed by atoms with Crippen LogP contribution in [0.2, 0.25) is 0 Å². The Balaban J connectivity index is 1.38. The van der Waals surface area contributed by atoms with Crippen molar-refractivity contribution in [3.05, 3.63) is 53.8 Å². The van der Waals surface area contributed by atoms with Gasteiger partial charge in [0.1, 0.15) is 17.3 Å². The fraction of sp³-hybridized carbons (Fsp3) is 0.345. The number of pyridine rings is 1. The Kier molecular flexibility index (Phi) is 8.40. The summed E-state index contributed by atoms with van der Waals surface area (Å²) in [6, 6.07) is 11.6. The van der Waals surface area contributed by atoms with Crippen molar-refractivity contribution in [2.24, 2.45) is 0 Å². The maximum atomic E-state index is 11.6. The van der Waals surface area contributed by atoms with Crippen molar-refractivity contribution in [2.75, 3.05) is 50.6 Å². The minimum atomic E-state index is 0.115. The lowest BCUT2D eigenvalue weighted by Gasteiger charge is -2.34. The van der Waals surface area contributed by atoms with Gasteiger partial charge in [0.25, 0.3) is 0 Å². The Morgan fingerprint density at radius 1 is 1.00 bits per heavy atom. The lowest BCUT2D eigenvalue weighted by atomic mass is 10.1. The number of hydrogen-bond acceptors (Lipinski definition) is 10. The van der Waals surface area contributed by atoms with Gasteiger partial charge in [-0.05, 0) is 43.2 Å². The van der Waals surface area contributed by atoms with E-state index >= 15 is 0 Å². The molecule has 4 heterocycles. The van der Waals surface area contributed by atoms with E-state index in [0.717, 1.165) is 64.3 Å². The average Bonchev–Trinajstić information content (AvgIpc) is 3.42. The maximum Gasteiger partial charge on any atom is 0.227 e. The number of benzene rings is 1. The van der Waals surface area contributed by atoms with Crippen molar-refractivity contribution >= 4 is 34.7 Å². The first kappa shape index (κ1) is 27.3. The van der Waals surface area contributed by atoms with Crippen LogP contribution < -0.4 is 19.7 Å². The monoisotopic (exact) mass is 559 g/mol. The highest BCUT2D eigenvalue weighted by Crippen LogP contribution is 2.39. The van der Waals surface area contributed by atoms with Gasteiger partial charge < -0.3 is 24.6 Å². The van der Waals surface area contributed by atoms with Gasteiger partial charge in [-0.15, -0.1) is 11.3 Å². The summed E-state index contributed by atoms with van der Waals surface area (Å²) in [6.07, 6.45) is 5.41. The number of nitrogens with one attached hydrogen (secondary N) is 1. The molecule has 0 bridgehead atoms. The standard InChI is InChI=1S/C29H33N7O3S/c1-5-6-26-34-27(20-15-22(38-3)17-23(16-20)39-4)28(40-26)24-9-10-30-29(33-24)32-21-7-8-25(31-18-21)36-13-11-35(12-14-36)19(2)37/h7-10,15-18H,5-6,11-14H2,1-4H3,(H,30,32,33). The Morgan fingerprint density at radius 2 is 1.75 bits per heavy atom. The highest BCUT2D eigenvalue weighted by Gasteiger charge is 2.20. The van der Waals surface area contributed by atoms with Crippen molar-refractivity contribution in [1.29, 1.82) is 0 Å². The fourth-order valence-electron chi connectivity index (χ4n) is 4.57. The van der Waals surface area contributed by atoms with E-state index < -0.39 is 0 Å². The highest BCUT2D eigenvalue weighted by atomic mass is 32.1. The zero-order valence-corrected chi connectivity index (χ0v) is 24.0. The minimum Gasteiger partial charge on any atom is -0.497 e. The number of carbonyl (C=O) groups excluding carboxylic acids is 1. The number of carbonyl (C=O) groups is 1. The number of thiazole rings is 1. The van der Waals surface area contributed by atoms with Crippen molar-refractivity contribution in [3.8, 4) is 33.3 Å². The Labute approximate surface area is 238 Å². The van der Waals surface area contributed by atoms with E-state index in [0.29, 0.717) is 30.5 Å². The second-order valence-electron chi connectivity index (χ2n) is 9.43. The van der Waals surface area contributed by atoms with Crippen LogP contribution in [0.15, 0.2) is 48.8 Å². The largest absolute Gasteiger partial charge is 0.497 e. The molecule has 1 aromatic carbocycles. The van der Waals surface area contributed by atoms with Crippen molar-refractivity contribution in [2.45, 2.75) is 26.7 Å². The number of nitrogens with zero attached hydrogens (tertiary/aromatic N) is 6. The van der Waals surface area contributed by atoms with Crippen LogP contribution in [0.3, 0.4) is 0 Å². The van der Waals surface area contributed by atoms with Gasteiger partial charge in [0.05, 0.1) is 47.4 Å². The van der Waals surface area contributed by atoms with Crippen LogP contribution in [0.5, 0.6) is 11.5 Å². The Hall–Kier alpha value is -4.25. The smallest absolute Gasteiger partial charge is 0.227 e. The average molecular weight is 560 g/mol. The molecule has 10 nitrogen and oxygen atoms in total. The second-order valence-corrected chi connectivity index (χ2v) is 10.5. The van der Waals surface area contributed by atoms with Crippen LogP contribution in [-0.2, 0) is 11.2 Å². The molecule has 0 saturated carbocycles. The Bertz CT molecular complexity index is 1440. The van der Waals surface area contributed by atoms with Gasteiger partial charge in [-0.3, -0.25) is 4.79 Å². The maximum absolute atomic E-state index is 11.6. The summed E-state index contributed by atoms with van der Waals surface area (Å²) in [5.41, 5.74) is 3.31. The number of hydrogen-bond donors (Lipinski definition) is 1. The molecule has 1 aliphatic rings. The van der Waals surface area contributed by atoms with Crippen LogP contribution in [-0.4, -0.2) is 71.1 Å². The summed E-state index contributed by atoms with van der Waals surface area (Å²) in [6.45, 7) is 6.70. The van der Waals surface area contributed by atoms with E-state index in [-0.39, 0.29) is 5.91 Å². The van der Waals surface area contributed by atoms with E-state index in [1.807, 2.05) is 41.3 Å². The topological polar surface area (TPSA) is 106 Å². The predicted octanol–water partition coefficient (Wildman–Crippen LogP) is 5.04. The zero-order valence-electron chi connectivity index (χ0n) is 23.2. The lowest BCUT2D eigenvalue weighted by molar-refractivity contribution is -0.129. The number of piperazine rings is 1. The van der Waals surface area contributed by atoms with Crippen molar-refractivity contribution in [3.63, 3.8) is 0 Å². The molecule has 40 heavy (non-hydrogen) atoms. The van der Waals surface area contributed by atoms with Crippen molar-refractivity contribution < 1.29 is 14.3 Å². The van der Waals surface area contributed by atoms with E-state index in [1.165, 1.54) is 0 Å². The molecule has 0 aliphatic carbocycles. The summed E-state index contributed by atoms with van der Waals surface area (Å²) in [5.74, 6) is 2.88. The molecule has 11 heteroatoms. The van der Waals surface area contributed by atoms with Gasteiger partial charge in [-0.1, -0.05) is 6.92 Å². The normalized spacial score (nSPS) is 13.3. The Morgan fingerprint density at radius 3 is 2.38 bits per heavy atom. The molecule has 5 rings (SSSR count). The number of rotatable bonds is 9. The van der Waals surface area contributed by atoms with E-state index in [9.17, 15) is 4.79 Å². The van der Waals surface area contributed by atoms with Crippen LogP contribution in [0.1, 0.15) is 25.3 Å². The number of aromatic nitrogens is 4. The predicted molar refractivity (Wildman–Crippen MR) is 158 cm³/mol. The summed E-state index contributed by atoms with van der Waals surface area (Å²) < 4.78 is 11.0. The summed E-state index contributed by atoms with van der Waals surface area (Å²) in [4.78, 5) is 35.5. The molecule has 4 aromatic rings. The fourth-order valence-corrected chi connectivity index (χ4v) is 5.73. The summed E-state index contributed by atoms with van der Waals surface area (Å²) >= 11 is 1.64. The first-order valence-electron chi connectivity index (χ1n) is 13.3. The van der Waals surface area contributed by atoms with Crippen molar-refractivity contribution in [1.82, 2.24) is 24.8 Å². The number of anilines is 3. The van der Waals surface area contributed by atoms with Gasteiger partial charge in [0.2, 0.25) is 11.9 Å². The van der Waals surface area contributed by atoms with E-state index in [2.05, 4.69) is 27.1 Å². The zero-order chi connectivity index (χ0) is 28.1. The third kappa shape index (κ3) is 6.15. The molecular formula is C29H33N7O3S. The molecule has 1 N–H and O–H groups in total. The number of aryl methyl sites for hydroxylation is 1. The number of methoxy groups -OCH3 is 2. The molecule has 3 aromatic heterocycles. The summed E-state index contributed by atoms with van der Waals surface area (Å²) in [7, 11) is 3.28. The van der Waals surface area contributed by atoms with Crippen LogP contribution in [0.25, 0.3) is 21.8 Å². The van der Waals surface area contributed by atoms with Gasteiger partial charge in [0, 0.05) is 50.9 Å². The molecule has 1 fully saturated rings. The lowest BCUT2D eigenvalue weighted by Crippen LogP contribution is -2.48. The third-order valence-electron chi connectivity index (χ3n) is 6.70. The highest BCUT2D eigenvalue weighted by molar-refractivity contribution is 7.15. The van der Waals surface area contributed by atoms with E-state index in [4.69, 9.17) is 19.4 Å². The van der Waals surface area contributed by atoms with Gasteiger partial charge in [-0.25, -0.2) is 19.9 Å².